The highest BCUT2D eigenvalue weighted by Crippen LogP contribution is 2.13. The van der Waals surface area contributed by atoms with Crippen LogP contribution in [0.4, 0.5) is 0 Å². The highest BCUT2D eigenvalue weighted by Gasteiger charge is 2.20. The van der Waals surface area contributed by atoms with E-state index in [9.17, 15) is 4.79 Å². The lowest BCUT2D eigenvalue weighted by Gasteiger charge is -2.35. The van der Waals surface area contributed by atoms with E-state index in [1.54, 1.807) is 4.68 Å². The Morgan fingerprint density at radius 2 is 2.11 bits per heavy atom. The normalized spacial score (nSPS) is 18.1. The molecule has 2 heterocycles. The molecule has 0 saturated carbocycles. The average molecular weight is 267 g/mol. The predicted molar refractivity (Wildman–Crippen MR) is 70.1 cm³/mol. The summed E-state index contributed by atoms with van der Waals surface area (Å²) in [5.41, 5.74) is 0.00585. The maximum atomic E-state index is 10.7. The second kappa shape index (κ2) is 6.12. The van der Waals surface area contributed by atoms with Gasteiger partial charge in [-0.2, -0.15) is 0 Å². The first-order valence-corrected chi connectivity index (χ1v) is 6.58. The Morgan fingerprint density at radius 3 is 2.63 bits per heavy atom. The number of likely N-dealkylation sites (tertiary alicyclic amines) is 1. The van der Waals surface area contributed by atoms with E-state index in [4.69, 9.17) is 5.11 Å². The average Bonchev–Trinajstić information content (AvgIpc) is 2.86. The molecule has 7 heteroatoms. The molecule has 1 aliphatic rings. The maximum Gasteiger partial charge on any atom is 0.358 e. The van der Waals surface area contributed by atoms with Crippen LogP contribution in [0.1, 0.15) is 23.3 Å². The first-order chi connectivity index (χ1) is 9.06. The molecule has 19 heavy (non-hydrogen) atoms. The fraction of sp³-hybridized carbons (Fsp3) is 0.750. The van der Waals surface area contributed by atoms with E-state index in [1.807, 2.05) is 0 Å². The van der Waals surface area contributed by atoms with Gasteiger partial charge in [-0.05, 0) is 40.0 Å². The predicted octanol–water partition coefficient (Wildman–Crippen LogP) is 0.00230. The minimum atomic E-state index is -1.03. The van der Waals surface area contributed by atoms with Crippen LogP contribution in [0.3, 0.4) is 0 Å². The number of hydrogen-bond donors (Lipinski definition) is 1. The zero-order valence-electron chi connectivity index (χ0n) is 11.5. The fourth-order valence-corrected chi connectivity index (χ4v) is 2.41. The molecule has 0 unspecified atom stereocenters. The minimum absolute atomic E-state index is 0.00585. The van der Waals surface area contributed by atoms with Crippen LogP contribution >= 0.6 is 0 Å². The van der Waals surface area contributed by atoms with Gasteiger partial charge in [0.15, 0.2) is 5.69 Å². The summed E-state index contributed by atoms with van der Waals surface area (Å²) in [7, 11) is 4.26. The summed E-state index contributed by atoms with van der Waals surface area (Å²) in [5.74, 6) is -1.03. The first-order valence-electron chi connectivity index (χ1n) is 6.58. The molecule has 0 spiro atoms. The molecule has 2 rings (SSSR count). The van der Waals surface area contributed by atoms with Crippen molar-refractivity contribution in [2.24, 2.45) is 0 Å². The van der Waals surface area contributed by atoms with Crippen LogP contribution < -0.4 is 0 Å². The van der Waals surface area contributed by atoms with Crippen molar-refractivity contribution in [2.75, 3.05) is 33.7 Å². The number of carbonyl (C=O) groups is 1. The smallest absolute Gasteiger partial charge is 0.358 e. The molecule has 0 amide bonds. The largest absolute Gasteiger partial charge is 0.476 e. The summed E-state index contributed by atoms with van der Waals surface area (Å²) >= 11 is 0. The zero-order valence-corrected chi connectivity index (χ0v) is 11.5. The number of carboxylic acids is 1. The van der Waals surface area contributed by atoms with Gasteiger partial charge >= 0.3 is 5.97 Å². The van der Waals surface area contributed by atoms with Gasteiger partial charge in [-0.25, -0.2) is 4.79 Å². The van der Waals surface area contributed by atoms with E-state index in [2.05, 4.69) is 34.2 Å². The number of rotatable bonds is 5. The van der Waals surface area contributed by atoms with E-state index in [1.165, 1.54) is 19.0 Å². The molecule has 1 fully saturated rings. The Morgan fingerprint density at radius 1 is 1.42 bits per heavy atom. The lowest BCUT2D eigenvalue weighted by Crippen LogP contribution is -2.42. The Kier molecular flexibility index (Phi) is 4.49. The molecule has 0 bridgehead atoms. The van der Waals surface area contributed by atoms with Gasteiger partial charge in [-0.1, -0.05) is 5.21 Å². The lowest BCUT2D eigenvalue weighted by atomic mass is 10.0. The molecule has 1 saturated heterocycles. The molecule has 1 N–H and O–H groups in total. The van der Waals surface area contributed by atoms with Gasteiger partial charge in [0.2, 0.25) is 0 Å². The van der Waals surface area contributed by atoms with Gasteiger partial charge in [-0.15, -0.1) is 5.10 Å². The molecule has 0 atom stereocenters. The maximum absolute atomic E-state index is 10.7. The van der Waals surface area contributed by atoms with Crippen LogP contribution in [0.15, 0.2) is 6.20 Å². The summed E-state index contributed by atoms with van der Waals surface area (Å²) < 4.78 is 1.60. The number of aromatic nitrogens is 3. The van der Waals surface area contributed by atoms with Gasteiger partial charge in [0.25, 0.3) is 0 Å². The molecule has 0 radical (unpaired) electrons. The van der Waals surface area contributed by atoms with Crippen LogP contribution in [0.5, 0.6) is 0 Å². The quantitative estimate of drug-likeness (QED) is 0.809. The highest BCUT2D eigenvalue weighted by atomic mass is 16.4. The molecule has 1 aliphatic heterocycles. The molecule has 1 aromatic rings. The SMILES string of the molecule is CN(C)C1CCN(CCn2cc(C(=O)O)nn2)CC1. The van der Waals surface area contributed by atoms with E-state index in [-0.39, 0.29) is 5.69 Å². The molecular weight excluding hydrogens is 246 g/mol. The van der Waals surface area contributed by atoms with Crippen molar-refractivity contribution in [3.63, 3.8) is 0 Å². The second-order valence-corrected chi connectivity index (χ2v) is 5.21. The molecule has 7 nitrogen and oxygen atoms in total. The Labute approximate surface area is 112 Å². The fourth-order valence-electron chi connectivity index (χ4n) is 2.41. The summed E-state index contributed by atoms with van der Waals surface area (Å²) in [6.07, 6.45) is 3.85. The standard InChI is InChI=1S/C12H21N5O2/c1-15(2)10-3-5-16(6-4-10)7-8-17-9-11(12(18)19)13-14-17/h9-10H,3-8H2,1-2H3,(H,18,19). The number of aromatic carboxylic acids is 1. The zero-order chi connectivity index (χ0) is 13.8. The van der Waals surface area contributed by atoms with Crippen molar-refractivity contribution in [2.45, 2.75) is 25.4 Å². The van der Waals surface area contributed by atoms with Crippen molar-refractivity contribution in [3.8, 4) is 0 Å². The van der Waals surface area contributed by atoms with Crippen molar-refractivity contribution >= 4 is 5.97 Å². The minimum Gasteiger partial charge on any atom is -0.476 e. The Balaban J connectivity index is 1.75. The number of piperidine rings is 1. The summed E-state index contributed by atoms with van der Waals surface area (Å²) in [6, 6.07) is 0.682. The van der Waals surface area contributed by atoms with Crippen LogP contribution in [-0.4, -0.2) is 75.6 Å². The Hall–Kier alpha value is -1.47. The van der Waals surface area contributed by atoms with Crippen molar-refractivity contribution < 1.29 is 9.90 Å². The van der Waals surface area contributed by atoms with Crippen LogP contribution in [0.25, 0.3) is 0 Å². The molecule has 0 aromatic carbocycles. The Bertz CT molecular complexity index is 424. The lowest BCUT2D eigenvalue weighted by molar-refractivity contribution is 0.0690. The van der Waals surface area contributed by atoms with Gasteiger partial charge in [0.05, 0.1) is 12.7 Å². The van der Waals surface area contributed by atoms with E-state index >= 15 is 0 Å². The third-order valence-electron chi connectivity index (χ3n) is 3.69. The molecule has 1 aromatic heterocycles. The molecule has 106 valence electrons. The summed E-state index contributed by atoms with van der Waals surface area (Å²) in [4.78, 5) is 15.4. The van der Waals surface area contributed by atoms with Gasteiger partial charge in [0, 0.05) is 12.6 Å². The number of hydrogen-bond acceptors (Lipinski definition) is 5. The molecule has 0 aliphatic carbocycles. The van der Waals surface area contributed by atoms with Crippen molar-refractivity contribution in [1.82, 2.24) is 24.8 Å². The van der Waals surface area contributed by atoms with Gasteiger partial charge in [-0.3, -0.25) is 4.68 Å². The molecular formula is C12H21N5O2. The van der Waals surface area contributed by atoms with Gasteiger partial charge < -0.3 is 14.9 Å². The highest BCUT2D eigenvalue weighted by molar-refractivity contribution is 5.84. The summed E-state index contributed by atoms with van der Waals surface area (Å²) in [6.45, 7) is 3.75. The topological polar surface area (TPSA) is 74.5 Å². The number of nitrogens with zero attached hydrogens (tertiary/aromatic N) is 5. The third-order valence-corrected chi connectivity index (χ3v) is 3.69. The van der Waals surface area contributed by atoms with E-state index in [0.717, 1.165) is 19.6 Å². The van der Waals surface area contributed by atoms with Crippen molar-refractivity contribution in [1.29, 1.82) is 0 Å². The monoisotopic (exact) mass is 267 g/mol. The summed E-state index contributed by atoms with van der Waals surface area (Å²) in [5, 5.41) is 16.2. The van der Waals surface area contributed by atoms with Crippen LogP contribution in [-0.2, 0) is 6.54 Å². The van der Waals surface area contributed by atoms with Crippen molar-refractivity contribution in [3.05, 3.63) is 11.9 Å². The number of carboxylic acid groups (broad SMARTS) is 1. The van der Waals surface area contributed by atoms with Crippen LogP contribution in [0.2, 0.25) is 0 Å². The third kappa shape index (κ3) is 3.74. The van der Waals surface area contributed by atoms with Crippen LogP contribution in [0, 0.1) is 0 Å². The van der Waals surface area contributed by atoms with E-state index in [0.29, 0.717) is 12.6 Å². The second-order valence-electron chi connectivity index (χ2n) is 5.21. The first kappa shape index (κ1) is 14.0. The van der Waals surface area contributed by atoms with Gasteiger partial charge in [0.1, 0.15) is 0 Å². The van der Waals surface area contributed by atoms with E-state index < -0.39 is 5.97 Å².